The van der Waals surface area contributed by atoms with Crippen LogP contribution in [0.3, 0.4) is 0 Å². The first-order chi connectivity index (χ1) is 17.3. The van der Waals surface area contributed by atoms with Crippen LogP contribution in [0.15, 0.2) is 91.0 Å². The standard InChI is InChI=1S/C29H28N2O4S/c1-29(2)25(28(34)35-24(20-14-8-4-9-15-20)21-16-10-5-11-17-21)31-26(33)23(27(31)36-29)30-22(32)18-19-12-6-3-7-13-19/h3-17,23-25,27H,18H2,1-2H3,(H,30,32)/t23-,25?,27?/m1/s1. The summed E-state index contributed by atoms with van der Waals surface area (Å²) in [6.07, 6.45) is -0.385. The molecule has 2 fully saturated rings. The highest BCUT2D eigenvalue weighted by molar-refractivity contribution is 8.01. The van der Waals surface area contributed by atoms with E-state index in [1.54, 1.807) is 4.90 Å². The van der Waals surface area contributed by atoms with Crippen LogP contribution in [-0.2, 0) is 25.5 Å². The van der Waals surface area contributed by atoms with Crippen molar-refractivity contribution in [3.05, 3.63) is 108 Å². The lowest BCUT2D eigenvalue weighted by molar-refractivity contribution is -0.166. The van der Waals surface area contributed by atoms with E-state index in [1.165, 1.54) is 11.8 Å². The molecule has 0 radical (unpaired) electrons. The highest BCUT2D eigenvalue weighted by Crippen LogP contribution is 2.51. The Balaban J connectivity index is 1.32. The Bertz CT molecular complexity index is 1210. The van der Waals surface area contributed by atoms with Gasteiger partial charge in [0, 0.05) is 4.75 Å². The summed E-state index contributed by atoms with van der Waals surface area (Å²) in [7, 11) is 0. The molecule has 0 spiro atoms. The van der Waals surface area contributed by atoms with Crippen molar-refractivity contribution in [1.29, 1.82) is 0 Å². The van der Waals surface area contributed by atoms with Crippen molar-refractivity contribution < 1.29 is 19.1 Å². The Morgan fingerprint density at radius 3 is 2.00 bits per heavy atom. The Kier molecular flexibility index (Phi) is 6.58. The summed E-state index contributed by atoms with van der Waals surface area (Å²) in [6.45, 7) is 3.89. The fraction of sp³-hybridized carbons (Fsp3) is 0.276. The predicted octanol–water partition coefficient (Wildman–Crippen LogP) is 4.11. The third kappa shape index (κ3) is 4.63. The molecular formula is C29H28N2O4S. The molecule has 3 atom stereocenters. The summed E-state index contributed by atoms with van der Waals surface area (Å²) < 4.78 is 5.53. The van der Waals surface area contributed by atoms with E-state index in [0.29, 0.717) is 0 Å². The van der Waals surface area contributed by atoms with Crippen LogP contribution in [0.5, 0.6) is 0 Å². The summed E-state index contributed by atoms with van der Waals surface area (Å²) in [5, 5.41) is 2.56. The molecule has 1 N–H and O–H groups in total. The number of carbonyl (C=O) groups excluding carboxylic acids is 3. The van der Waals surface area contributed by atoms with Crippen LogP contribution in [0.4, 0.5) is 0 Å². The molecule has 3 aromatic rings. The van der Waals surface area contributed by atoms with Crippen LogP contribution < -0.4 is 5.32 Å². The molecule has 6 nitrogen and oxygen atoms in total. The van der Waals surface area contributed by atoms with Crippen LogP contribution in [0, 0.1) is 0 Å². The van der Waals surface area contributed by atoms with E-state index in [9.17, 15) is 14.4 Å². The molecule has 184 valence electrons. The zero-order valence-electron chi connectivity index (χ0n) is 20.2. The van der Waals surface area contributed by atoms with Crippen molar-refractivity contribution in [2.45, 2.75) is 48.6 Å². The van der Waals surface area contributed by atoms with Gasteiger partial charge in [0.05, 0.1) is 6.42 Å². The van der Waals surface area contributed by atoms with Gasteiger partial charge in [0.25, 0.3) is 0 Å². The van der Waals surface area contributed by atoms with Gasteiger partial charge in [-0.15, -0.1) is 11.8 Å². The number of carbonyl (C=O) groups is 3. The number of thioether (sulfide) groups is 1. The van der Waals surface area contributed by atoms with Crippen LogP contribution in [-0.4, -0.2) is 44.9 Å². The van der Waals surface area contributed by atoms with E-state index < -0.39 is 28.9 Å². The minimum Gasteiger partial charge on any atom is -0.451 e. The Labute approximate surface area is 215 Å². The number of β-lactam (4-membered cyclic amide) rings is 1. The van der Waals surface area contributed by atoms with Crippen molar-refractivity contribution in [3.63, 3.8) is 0 Å². The van der Waals surface area contributed by atoms with E-state index in [4.69, 9.17) is 4.74 Å². The quantitative estimate of drug-likeness (QED) is 0.390. The van der Waals surface area contributed by atoms with Gasteiger partial charge < -0.3 is 15.0 Å². The number of fused-ring (bicyclic) bond motifs is 1. The molecule has 3 aromatic carbocycles. The van der Waals surface area contributed by atoms with Crippen LogP contribution in [0.1, 0.15) is 36.6 Å². The lowest BCUT2D eigenvalue weighted by atomic mass is 9.95. The topological polar surface area (TPSA) is 75.7 Å². The first-order valence-corrected chi connectivity index (χ1v) is 12.9. The average molecular weight is 501 g/mol. The monoisotopic (exact) mass is 500 g/mol. The Morgan fingerprint density at radius 1 is 0.917 bits per heavy atom. The minimum atomic E-state index is -0.753. The normalized spacial score (nSPS) is 22.0. The molecule has 0 aromatic heterocycles. The summed E-state index contributed by atoms with van der Waals surface area (Å²) in [4.78, 5) is 40.9. The van der Waals surface area contributed by atoms with Crippen molar-refractivity contribution in [3.8, 4) is 0 Å². The fourth-order valence-electron chi connectivity index (χ4n) is 4.90. The first-order valence-electron chi connectivity index (χ1n) is 12.0. The molecule has 0 saturated carbocycles. The molecule has 2 aliphatic rings. The molecule has 2 heterocycles. The van der Waals surface area contributed by atoms with Gasteiger partial charge in [-0.05, 0) is 30.5 Å². The molecular weight excluding hydrogens is 472 g/mol. The number of ether oxygens (including phenoxy) is 1. The smallest absolute Gasteiger partial charge is 0.331 e. The van der Waals surface area contributed by atoms with Crippen LogP contribution >= 0.6 is 11.8 Å². The summed E-state index contributed by atoms with van der Waals surface area (Å²) >= 11 is 1.52. The number of nitrogens with one attached hydrogen (secondary N) is 1. The van der Waals surface area contributed by atoms with Gasteiger partial charge in [0.1, 0.15) is 17.5 Å². The average Bonchev–Trinajstić information content (AvgIpc) is 3.15. The zero-order valence-corrected chi connectivity index (χ0v) is 21.0. The molecule has 36 heavy (non-hydrogen) atoms. The van der Waals surface area contributed by atoms with Gasteiger partial charge in [-0.1, -0.05) is 91.0 Å². The van der Waals surface area contributed by atoms with Gasteiger partial charge in [0.2, 0.25) is 11.8 Å². The van der Waals surface area contributed by atoms with E-state index in [0.717, 1.165) is 16.7 Å². The molecule has 2 aliphatic heterocycles. The van der Waals surface area contributed by atoms with Crippen molar-refractivity contribution >= 4 is 29.5 Å². The summed E-state index contributed by atoms with van der Waals surface area (Å²) in [5.41, 5.74) is 2.60. The van der Waals surface area contributed by atoms with E-state index in [1.807, 2.05) is 105 Å². The number of amides is 2. The maximum absolute atomic E-state index is 13.6. The SMILES string of the molecule is CC1(C)SC2[C@H](NC(=O)Cc3ccccc3)C(=O)N2C1C(=O)OC(c1ccccc1)c1ccccc1. The number of benzene rings is 3. The predicted molar refractivity (Wildman–Crippen MR) is 139 cm³/mol. The third-order valence-corrected chi connectivity index (χ3v) is 8.20. The van der Waals surface area contributed by atoms with Crippen molar-refractivity contribution in [1.82, 2.24) is 10.2 Å². The van der Waals surface area contributed by atoms with Gasteiger partial charge in [-0.2, -0.15) is 0 Å². The maximum atomic E-state index is 13.6. The van der Waals surface area contributed by atoms with E-state index in [2.05, 4.69) is 5.32 Å². The Morgan fingerprint density at radius 2 is 1.44 bits per heavy atom. The summed E-state index contributed by atoms with van der Waals surface area (Å²) in [5.74, 6) is -0.913. The van der Waals surface area contributed by atoms with E-state index in [-0.39, 0.29) is 23.6 Å². The highest BCUT2D eigenvalue weighted by atomic mass is 32.2. The lowest BCUT2D eigenvalue weighted by Gasteiger charge is -2.44. The molecule has 0 bridgehead atoms. The first kappa shape index (κ1) is 24.1. The summed E-state index contributed by atoms with van der Waals surface area (Å²) in [6, 6.07) is 27.2. The third-order valence-electron chi connectivity index (χ3n) is 6.63. The van der Waals surface area contributed by atoms with Crippen LogP contribution in [0.2, 0.25) is 0 Å². The molecule has 2 amide bonds. The second kappa shape index (κ2) is 9.82. The fourth-order valence-corrected chi connectivity index (χ4v) is 6.52. The second-order valence-electron chi connectivity index (χ2n) is 9.61. The highest BCUT2D eigenvalue weighted by Gasteiger charge is 2.64. The Hall–Kier alpha value is -3.58. The lowest BCUT2D eigenvalue weighted by Crippen LogP contribution is -2.70. The molecule has 5 rings (SSSR count). The minimum absolute atomic E-state index is 0.201. The maximum Gasteiger partial charge on any atom is 0.331 e. The van der Waals surface area contributed by atoms with Crippen molar-refractivity contribution in [2.75, 3.05) is 0 Å². The van der Waals surface area contributed by atoms with Gasteiger partial charge in [0.15, 0.2) is 6.10 Å². The number of rotatable bonds is 7. The second-order valence-corrected chi connectivity index (χ2v) is 11.4. The van der Waals surface area contributed by atoms with Gasteiger partial charge in [-0.3, -0.25) is 9.59 Å². The number of esters is 1. The molecule has 7 heteroatoms. The zero-order chi connectivity index (χ0) is 25.3. The van der Waals surface area contributed by atoms with Gasteiger partial charge >= 0.3 is 5.97 Å². The number of nitrogens with zero attached hydrogens (tertiary/aromatic N) is 1. The molecule has 2 saturated heterocycles. The van der Waals surface area contributed by atoms with E-state index >= 15 is 0 Å². The van der Waals surface area contributed by atoms with Crippen molar-refractivity contribution in [2.24, 2.45) is 0 Å². The number of hydrogen-bond donors (Lipinski definition) is 1. The molecule has 2 unspecified atom stereocenters. The van der Waals surface area contributed by atoms with Crippen LogP contribution in [0.25, 0.3) is 0 Å². The number of hydrogen-bond acceptors (Lipinski definition) is 5. The van der Waals surface area contributed by atoms with Gasteiger partial charge in [-0.25, -0.2) is 4.79 Å². The molecule has 0 aliphatic carbocycles. The largest absolute Gasteiger partial charge is 0.451 e.